The maximum absolute atomic E-state index is 11.3. The van der Waals surface area contributed by atoms with Gasteiger partial charge in [-0.05, 0) is 17.1 Å². The SMILES string of the molecule is NC(=O)C1=CSC23C=CC=CC2N=CC=C13. The lowest BCUT2D eigenvalue weighted by atomic mass is 9.82. The molecule has 4 heteroatoms. The van der Waals surface area contributed by atoms with Gasteiger partial charge in [0.25, 0.3) is 0 Å². The standard InChI is InChI=1S/C12H10N2OS/c13-11(15)8-7-16-12-5-2-1-3-10(12)14-6-4-9(8)12/h1-7,10H,(H2,13,15). The molecule has 2 atom stereocenters. The van der Waals surface area contributed by atoms with Crippen LogP contribution in [0.15, 0.2) is 51.9 Å². The summed E-state index contributed by atoms with van der Waals surface area (Å²) in [5.74, 6) is -0.368. The van der Waals surface area contributed by atoms with Crippen molar-refractivity contribution in [2.75, 3.05) is 0 Å². The maximum atomic E-state index is 11.3. The van der Waals surface area contributed by atoms with Crippen LogP contribution in [0.1, 0.15) is 0 Å². The summed E-state index contributed by atoms with van der Waals surface area (Å²) in [6, 6.07) is 0.0654. The number of dihydropyridines is 1. The molecule has 80 valence electrons. The van der Waals surface area contributed by atoms with Gasteiger partial charge in [-0.3, -0.25) is 9.79 Å². The Kier molecular flexibility index (Phi) is 1.94. The van der Waals surface area contributed by atoms with E-state index in [-0.39, 0.29) is 16.7 Å². The zero-order chi connectivity index (χ0) is 11.2. The Bertz CT molecular complexity index is 513. The van der Waals surface area contributed by atoms with Gasteiger partial charge in [0.15, 0.2) is 0 Å². The van der Waals surface area contributed by atoms with Crippen LogP contribution in [-0.2, 0) is 4.79 Å². The van der Waals surface area contributed by atoms with Crippen molar-refractivity contribution in [3.63, 3.8) is 0 Å². The van der Waals surface area contributed by atoms with Crippen LogP contribution in [0.5, 0.6) is 0 Å². The molecular weight excluding hydrogens is 220 g/mol. The molecule has 0 aromatic carbocycles. The Labute approximate surface area is 97.5 Å². The molecule has 0 aromatic heterocycles. The van der Waals surface area contributed by atoms with E-state index < -0.39 is 0 Å². The van der Waals surface area contributed by atoms with Crippen molar-refractivity contribution in [1.29, 1.82) is 0 Å². The highest BCUT2D eigenvalue weighted by atomic mass is 32.2. The van der Waals surface area contributed by atoms with E-state index >= 15 is 0 Å². The number of thioether (sulfide) groups is 1. The van der Waals surface area contributed by atoms with E-state index in [0.717, 1.165) is 5.57 Å². The predicted molar refractivity (Wildman–Crippen MR) is 66.2 cm³/mol. The van der Waals surface area contributed by atoms with Crippen molar-refractivity contribution in [3.05, 3.63) is 46.9 Å². The number of hydrogen-bond donors (Lipinski definition) is 1. The Balaban J connectivity index is 2.12. The first-order chi connectivity index (χ1) is 7.74. The molecule has 0 aromatic rings. The van der Waals surface area contributed by atoms with Crippen LogP contribution in [0, 0.1) is 0 Å². The highest BCUT2D eigenvalue weighted by Gasteiger charge is 2.47. The van der Waals surface area contributed by atoms with Crippen LogP contribution in [0.4, 0.5) is 0 Å². The van der Waals surface area contributed by atoms with Crippen LogP contribution < -0.4 is 5.73 Å². The van der Waals surface area contributed by atoms with Gasteiger partial charge in [0, 0.05) is 6.21 Å². The van der Waals surface area contributed by atoms with Crippen LogP contribution in [0.2, 0.25) is 0 Å². The predicted octanol–water partition coefficient (Wildman–Crippen LogP) is 1.35. The van der Waals surface area contributed by atoms with Crippen molar-refractivity contribution >= 4 is 23.9 Å². The molecule has 2 unspecified atom stereocenters. The Morgan fingerprint density at radius 2 is 2.38 bits per heavy atom. The topological polar surface area (TPSA) is 55.5 Å². The van der Waals surface area contributed by atoms with Gasteiger partial charge in [0.2, 0.25) is 5.91 Å². The number of carbonyl (C=O) groups is 1. The molecule has 2 N–H and O–H groups in total. The summed E-state index contributed by atoms with van der Waals surface area (Å²) in [7, 11) is 0. The summed E-state index contributed by atoms with van der Waals surface area (Å²) in [6.45, 7) is 0. The Hall–Kier alpha value is -1.55. The van der Waals surface area contributed by atoms with Crippen molar-refractivity contribution in [3.8, 4) is 0 Å². The number of aliphatic imine (C=N–C) groups is 1. The first-order valence-electron chi connectivity index (χ1n) is 5.02. The number of amides is 1. The lowest BCUT2D eigenvalue weighted by Crippen LogP contribution is -2.39. The van der Waals surface area contributed by atoms with E-state index in [1.807, 2.05) is 29.7 Å². The fraction of sp³-hybridized carbons (Fsp3) is 0.167. The molecule has 3 rings (SSSR count). The first-order valence-corrected chi connectivity index (χ1v) is 5.90. The van der Waals surface area contributed by atoms with Crippen LogP contribution in [-0.4, -0.2) is 22.9 Å². The van der Waals surface area contributed by atoms with E-state index in [0.29, 0.717) is 5.57 Å². The molecule has 0 radical (unpaired) electrons. The lowest BCUT2D eigenvalue weighted by molar-refractivity contribution is -0.114. The molecule has 0 fully saturated rings. The largest absolute Gasteiger partial charge is 0.366 e. The van der Waals surface area contributed by atoms with Crippen LogP contribution in [0.3, 0.4) is 0 Å². The number of hydrogen-bond acceptors (Lipinski definition) is 3. The third-order valence-electron chi connectivity index (χ3n) is 3.02. The smallest absolute Gasteiger partial charge is 0.249 e. The molecule has 3 nitrogen and oxygen atoms in total. The zero-order valence-corrected chi connectivity index (χ0v) is 9.28. The number of allylic oxidation sites excluding steroid dienone is 3. The van der Waals surface area contributed by atoms with E-state index in [1.54, 1.807) is 18.0 Å². The molecule has 2 aliphatic heterocycles. The summed E-state index contributed by atoms with van der Waals surface area (Å²) in [5.41, 5.74) is 6.96. The molecule has 0 saturated carbocycles. The summed E-state index contributed by atoms with van der Waals surface area (Å²) in [4.78, 5) is 15.8. The van der Waals surface area contributed by atoms with E-state index in [2.05, 4.69) is 11.1 Å². The number of nitrogens with two attached hydrogens (primary N) is 1. The van der Waals surface area contributed by atoms with E-state index in [1.165, 1.54) is 0 Å². The van der Waals surface area contributed by atoms with Gasteiger partial charge in [-0.2, -0.15) is 0 Å². The third-order valence-corrected chi connectivity index (χ3v) is 4.37. The number of primary amides is 1. The van der Waals surface area contributed by atoms with Crippen molar-refractivity contribution in [2.45, 2.75) is 10.8 Å². The summed E-state index contributed by atoms with van der Waals surface area (Å²) < 4.78 is -0.242. The van der Waals surface area contributed by atoms with Gasteiger partial charge in [-0.1, -0.05) is 24.3 Å². The van der Waals surface area contributed by atoms with Crippen molar-refractivity contribution < 1.29 is 4.79 Å². The number of rotatable bonds is 1. The second kappa shape index (κ2) is 3.22. The third kappa shape index (κ3) is 1.10. The molecular formula is C12H10N2OS. The molecule has 16 heavy (non-hydrogen) atoms. The lowest BCUT2D eigenvalue weighted by Gasteiger charge is -2.35. The average molecular weight is 230 g/mol. The average Bonchev–Trinajstić information content (AvgIpc) is 2.66. The fourth-order valence-electron chi connectivity index (χ4n) is 2.24. The summed E-state index contributed by atoms with van der Waals surface area (Å²) >= 11 is 1.61. The maximum Gasteiger partial charge on any atom is 0.249 e. The highest BCUT2D eigenvalue weighted by Crippen LogP contribution is 2.51. The summed E-state index contributed by atoms with van der Waals surface area (Å²) in [5, 5.41) is 1.85. The van der Waals surface area contributed by atoms with Gasteiger partial charge in [-0.25, -0.2) is 0 Å². The zero-order valence-electron chi connectivity index (χ0n) is 8.46. The second-order valence-electron chi connectivity index (χ2n) is 3.87. The van der Waals surface area contributed by atoms with E-state index in [4.69, 9.17) is 5.73 Å². The highest BCUT2D eigenvalue weighted by molar-refractivity contribution is 8.04. The quantitative estimate of drug-likeness (QED) is 0.739. The van der Waals surface area contributed by atoms with Gasteiger partial charge < -0.3 is 5.73 Å². The number of nitrogens with zero attached hydrogens (tertiary/aromatic N) is 1. The minimum Gasteiger partial charge on any atom is -0.366 e. The van der Waals surface area contributed by atoms with Crippen LogP contribution >= 0.6 is 11.8 Å². The molecule has 3 aliphatic rings. The molecule has 2 heterocycles. The normalized spacial score (nSPS) is 34.1. The molecule has 0 bridgehead atoms. The van der Waals surface area contributed by atoms with Gasteiger partial charge in [0.1, 0.15) is 0 Å². The van der Waals surface area contributed by atoms with Crippen LogP contribution in [0.25, 0.3) is 0 Å². The first kappa shape index (κ1) is 9.66. The van der Waals surface area contributed by atoms with Crippen molar-refractivity contribution in [2.24, 2.45) is 10.7 Å². The van der Waals surface area contributed by atoms with Gasteiger partial charge in [-0.15, -0.1) is 11.8 Å². The fourth-order valence-corrected chi connectivity index (χ4v) is 3.54. The van der Waals surface area contributed by atoms with Gasteiger partial charge >= 0.3 is 0 Å². The molecule has 1 aliphatic carbocycles. The molecule has 0 saturated heterocycles. The Morgan fingerprint density at radius 3 is 3.19 bits per heavy atom. The Morgan fingerprint density at radius 1 is 1.50 bits per heavy atom. The minimum atomic E-state index is -0.368. The van der Waals surface area contributed by atoms with Gasteiger partial charge in [0.05, 0.1) is 16.4 Å². The number of carbonyl (C=O) groups excluding carboxylic acids is 1. The van der Waals surface area contributed by atoms with E-state index in [9.17, 15) is 4.79 Å². The van der Waals surface area contributed by atoms with Crippen molar-refractivity contribution in [1.82, 2.24) is 0 Å². The molecule has 1 amide bonds. The molecule has 1 spiro atoms. The summed E-state index contributed by atoms with van der Waals surface area (Å²) in [6.07, 6.45) is 11.8. The monoisotopic (exact) mass is 230 g/mol. The second-order valence-corrected chi connectivity index (χ2v) is 5.02. The minimum absolute atomic E-state index is 0.0654.